The van der Waals surface area contributed by atoms with Gasteiger partial charge in [0.1, 0.15) is 26.1 Å². The predicted molar refractivity (Wildman–Crippen MR) is 143 cm³/mol. The van der Waals surface area contributed by atoms with Crippen LogP contribution in [0.1, 0.15) is 105 Å². The highest BCUT2D eigenvalue weighted by atomic mass is 16.7. The summed E-state index contributed by atoms with van der Waals surface area (Å²) in [6.45, 7) is 8.94. The molecule has 0 aromatic carbocycles. The van der Waals surface area contributed by atoms with Crippen molar-refractivity contribution in [2.45, 2.75) is 111 Å². The highest BCUT2D eigenvalue weighted by Crippen LogP contribution is 2.66. The summed E-state index contributed by atoms with van der Waals surface area (Å²) >= 11 is 0. The largest absolute Gasteiger partial charge is 0.480 e. The fourth-order valence-electron chi connectivity index (χ4n) is 8.79. The fraction of sp³-hybridized carbons (Fsp3) is 0.871. The van der Waals surface area contributed by atoms with Crippen molar-refractivity contribution < 1.29 is 28.9 Å². The quantitative estimate of drug-likeness (QED) is 0.133. The molecule has 1 N–H and O–H groups in total. The van der Waals surface area contributed by atoms with Crippen molar-refractivity contribution in [2.24, 2.45) is 40.4 Å². The molecular formula is C31H50O6. The number of allylic oxidation sites excluding steroid dienone is 1. The molecule has 4 rings (SSSR count). The fourth-order valence-corrected chi connectivity index (χ4v) is 8.79. The van der Waals surface area contributed by atoms with Crippen LogP contribution >= 0.6 is 0 Å². The van der Waals surface area contributed by atoms with Gasteiger partial charge in [-0.25, -0.2) is 9.59 Å². The van der Waals surface area contributed by atoms with E-state index < -0.39 is 18.5 Å². The van der Waals surface area contributed by atoms with E-state index in [0.29, 0.717) is 5.41 Å². The van der Waals surface area contributed by atoms with E-state index in [1.165, 1.54) is 63.4 Å². The van der Waals surface area contributed by atoms with Crippen LogP contribution in [0.5, 0.6) is 0 Å². The Balaban J connectivity index is 1.30. The first-order valence-electron chi connectivity index (χ1n) is 14.9. The average molecular weight is 519 g/mol. The van der Waals surface area contributed by atoms with Gasteiger partial charge in [-0.15, -0.1) is 0 Å². The summed E-state index contributed by atoms with van der Waals surface area (Å²) in [5.74, 6) is 2.71. The summed E-state index contributed by atoms with van der Waals surface area (Å²) in [7, 11) is 0. The number of carboxylic acids is 1. The van der Waals surface area contributed by atoms with Crippen LogP contribution in [-0.4, -0.2) is 43.2 Å². The Kier molecular flexibility index (Phi) is 9.43. The van der Waals surface area contributed by atoms with Crippen LogP contribution in [0.15, 0.2) is 11.6 Å². The number of fused-ring (bicyclic) bond motifs is 5. The molecular weight excluding hydrogens is 468 g/mol. The maximum Gasteiger partial charge on any atom is 0.332 e. The molecule has 7 atom stereocenters. The highest BCUT2D eigenvalue weighted by molar-refractivity contribution is 5.71. The lowest BCUT2D eigenvalue weighted by molar-refractivity contribution is -0.164. The molecule has 210 valence electrons. The maximum atomic E-state index is 12.3. The second-order valence-corrected chi connectivity index (χ2v) is 13.3. The van der Waals surface area contributed by atoms with Crippen LogP contribution in [0.25, 0.3) is 0 Å². The SMILES string of the molecule is CC(C)CCCCC1CCC2C3CC=C4CC(OC(=O)COCOCC(=O)O)CC[C@@]4(C)C3CCC12C. The Morgan fingerprint density at radius 2 is 1.81 bits per heavy atom. The molecule has 6 heteroatoms. The monoisotopic (exact) mass is 518 g/mol. The minimum absolute atomic E-state index is 0.0949. The van der Waals surface area contributed by atoms with Gasteiger partial charge in [-0.2, -0.15) is 0 Å². The molecule has 0 spiro atoms. The van der Waals surface area contributed by atoms with Crippen molar-refractivity contribution in [1.29, 1.82) is 0 Å². The zero-order chi connectivity index (χ0) is 26.6. The van der Waals surface area contributed by atoms with Gasteiger partial charge in [0.25, 0.3) is 0 Å². The van der Waals surface area contributed by atoms with Crippen molar-refractivity contribution in [3.63, 3.8) is 0 Å². The van der Waals surface area contributed by atoms with Gasteiger partial charge in [-0.05, 0) is 91.8 Å². The van der Waals surface area contributed by atoms with Crippen LogP contribution in [-0.2, 0) is 23.8 Å². The number of hydrogen-bond donors (Lipinski definition) is 1. The second kappa shape index (κ2) is 12.2. The molecule has 3 saturated carbocycles. The van der Waals surface area contributed by atoms with Crippen LogP contribution in [0.4, 0.5) is 0 Å². The average Bonchev–Trinajstić information content (AvgIpc) is 3.17. The Morgan fingerprint density at radius 1 is 1.03 bits per heavy atom. The molecule has 0 saturated heterocycles. The molecule has 0 bridgehead atoms. The number of rotatable bonds is 12. The molecule has 4 aliphatic rings. The van der Waals surface area contributed by atoms with E-state index in [2.05, 4.69) is 33.8 Å². The van der Waals surface area contributed by atoms with Gasteiger partial charge < -0.3 is 19.3 Å². The van der Waals surface area contributed by atoms with E-state index >= 15 is 0 Å². The first kappa shape index (κ1) is 28.6. The van der Waals surface area contributed by atoms with Crippen LogP contribution in [0.3, 0.4) is 0 Å². The highest BCUT2D eigenvalue weighted by Gasteiger charge is 2.58. The minimum Gasteiger partial charge on any atom is -0.480 e. The van der Waals surface area contributed by atoms with Gasteiger partial charge in [0, 0.05) is 6.42 Å². The molecule has 3 fully saturated rings. The molecule has 4 aliphatic carbocycles. The number of unbranched alkanes of at least 4 members (excludes halogenated alkanes) is 1. The van der Waals surface area contributed by atoms with Gasteiger partial charge in [0.15, 0.2) is 0 Å². The molecule has 0 radical (unpaired) electrons. The number of esters is 1. The third-order valence-corrected chi connectivity index (χ3v) is 10.7. The summed E-state index contributed by atoms with van der Waals surface area (Å²) < 4.78 is 15.6. The lowest BCUT2D eigenvalue weighted by atomic mass is 9.47. The first-order valence-corrected chi connectivity index (χ1v) is 14.9. The zero-order valence-electron chi connectivity index (χ0n) is 23.6. The summed E-state index contributed by atoms with van der Waals surface area (Å²) in [4.78, 5) is 22.7. The Morgan fingerprint density at radius 3 is 2.57 bits per heavy atom. The summed E-state index contributed by atoms with van der Waals surface area (Å²) in [6.07, 6.45) is 17.6. The smallest absolute Gasteiger partial charge is 0.332 e. The van der Waals surface area contributed by atoms with Crippen molar-refractivity contribution in [3.8, 4) is 0 Å². The molecule has 0 aromatic heterocycles. The van der Waals surface area contributed by atoms with E-state index in [4.69, 9.17) is 19.3 Å². The molecule has 0 aromatic rings. The first-order chi connectivity index (χ1) is 17.6. The molecule has 0 amide bonds. The lowest BCUT2D eigenvalue weighted by Gasteiger charge is -2.58. The predicted octanol–water partition coefficient (Wildman–Crippen LogP) is 6.77. The van der Waals surface area contributed by atoms with Crippen molar-refractivity contribution in [2.75, 3.05) is 20.0 Å². The number of carboxylic acid groups (broad SMARTS) is 1. The van der Waals surface area contributed by atoms with Crippen molar-refractivity contribution in [3.05, 3.63) is 11.6 Å². The molecule has 6 unspecified atom stereocenters. The molecule has 0 aliphatic heterocycles. The minimum atomic E-state index is -1.06. The number of ether oxygens (including phenoxy) is 3. The summed E-state index contributed by atoms with van der Waals surface area (Å²) in [5, 5.41) is 8.57. The van der Waals surface area contributed by atoms with Crippen molar-refractivity contribution in [1.82, 2.24) is 0 Å². The van der Waals surface area contributed by atoms with E-state index in [1.54, 1.807) is 0 Å². The number of carbonyl (C=O) groups is 2. The van der Waals surface area contributed by atoms with E-state index in [0.717, 1.165) is 48.9 Å². The second-order valence-electron chi connectivity index (χ2n) is 13.3. The number of carbonyl (C=O) groups excluding carboxylic acids is 1. The number of hydrogen-bond acceptors (Lipinski definition) is 5. The van der Waals surface area contributed by atoms with Crippen LogP contribution < -0.4 is 0 Å². The Hall–Kier alpha value is -1.40. The molecule has 37 heavy (non-hydrogen) atoms. The number of aliphatic carboxylic acids is 1. The van der Waals surface area contributed by atoms with E-state index in [9.17, 15) is 9.59 Å². The van der Waals surface area contributed by atoms with Gasteiger partial charge in [-0.1, -0.05) is 58.6 Å². The maximum absolute atomic E-state index is 12.3. The van der Waals surface area contributed by atoms with E-state index in [1.807, 2.05) is 0 Å². The van der Waals surface area contributed by atoms with Crippen LogP contribution in [0, 0.1) is 40.4 Å². The third kappa shape index (κ3) is 6.43. The standard InChI is InChI=1S/C31H50O6/c1-21(2)7-5-6-8-22-10-12-26-25-11-9-23-17-24(37-29(34)19-36-20-35-18-28(32)33)13-15-31(23,4)27(25)14-16-30(22,26)3/h9,21-22,24-27H,5-8,10-20H2,1-4H3,(H,32,33)/t22?,24?,25?,26?,27?,30?,31-/m1/s1. The van der Waals surface area contributed by atoms with Gasteiger partial charge in [0.2, 0.25) is 0 Å². The van der Waals surface area contributed by atoms with Gasteiger partial charge >= 0.3 is 11.9 Å². The molecule has 6 nitrogen and oxygen atoms in total. The van der Waals surface area contributed by atoms with Gasteiger partial charge in [0.05, 0.1) is 0 Å². The topological polar surface area (TPSA) is 82.1 Å². The third-order valence-electron chi connectivity index (χ3n) is 10.7. The normalized spacial score (nSPS) is 36.9. The molecule has 0 heterocycles. The van der Waals surface area contributed by atoms with E-state index in [-0.39, 0.29) is 24.9 Å². The van der Waals surface area contributed by atoms with Crippen LogP contribution in [0.2, 0.25) is 0 Å². The van der Waals surface area contributed by atoms with Crippen molar-refractivity contribution >= 4 is 11.9 Å². The summed E-state index contributed by atoms with van der Waals surface area (Å²) in [5.41, 5.74) is 2.28. The summed E-state index contributed by atoms with van der Waals surface area (Å²) in [6, 6.07) is 0. The van der Waals surface area contributed by atoms with Gasteiger partial charge in [-0.3, -0.25) is 0 Å². The Bertz CT molecular complexity index is 836. The Labute approximate surface area is 223 Å². The lowest BCUT2D eigenvalue weighted by Crippen LogP contribution is -2.50. The zero-order valence-corrected chi connectivity index (χ0v) is 23.6.